The molecule has 0 N–H and O–H groups in total. The first-order valence-electron chi connectivity index (χ1n) is 9.36. The predicted octanol–water partition coefficient (Wildman–Crippen LogP) is 5.05. The highest BCUT2D eigenvalue weighted by Gasteiger charge is 2.57. The molecule has 2 saturated carbocycles. The molecule has 2 nitrogen and oxygen atoms in total. The van der Waals surface area contributed by atoms with Gasteiger partial charge in [0, 0.05) is 10.8 Å². The molecule has 0 saturated heterocycles. The predicted molar refractivity (Wildman–Crippen MR) is 90.6 cm³/mol. The summed E-state index contributed by atoms with van der Waals surface area (Å²) in [5, 5.41) is 0. The number of hydrogen-bond donors (Lipinski definition) is 0. The molecule has 0 aliphatic heterocycles. The van der Waals surface area contributed by atoms with Crippen LogP contribution in [0.3, 0.4) is 0 Å². The second-order valence-electron chi connectivity index (χ2n) is 8.51. The van der Waals surface area contributed by atoms with Crippen molar-refractivity contribution in [3.63, 3.8) is 0 Å². The molecule has 6 atom stereocenters. The van der Waals surface area contributed by atoms with Crippen LogP contribution in [0.15, 0.2) is 0 Å². The number of fused-ring (bicyclic) bond motifs is 1. The zero-order chi connectivity index (χ0) is 16.4. The minimum absolute atomic E-state index is 0.237. The maximum Gasteiger partial charge on any atom is 0.126 e. The first kappa shape index (κ1) is 17.7. The van der Waals surface area contributed by atoms with E-state index in [0.29, 0.717) is 11.8 Å². The van der Waals surface area contributed by atoms with Crippen LogP contribution in [0.25, 0.3) is 0 Å². The average Bonchev–Trinajstić information content (AvgIpc) is 2.53. The van der Waals surface area contributed by atoms with Gasteiger partial charge in [-0.1, -0.05) is 53.4 Å². The Morgan fingerprint density at radius 2 is 1.91 bits per heavy atom. The highest BCUT2D eigenvalue weighted by Crippen LogP contribution is 2.60. The molecule has 22 heavy (non-hydrogen) atoms. The van der Waals surface area contributed by atoms with E-state index in [1.54, 1.807) is 0 Å². The molecule has 2 aliphatic rings. The van der Waals surface area contributed by atoms with E-state index in [1.807, 2.05) is 0 Å². The molecule has 0 heterocycles. The van der Waals surface area contributed by atoms with Crippen LogP contribution in [-0.4, -0.2) is 12.6 Å². The fourth-order valence-corrected chi connectivity index (χ4v) is 5.53. The van der Waals surface area contributed by atoms with E-state index in [-0.39, 0.29) is 16.7 Å². The van der Waals surface area contributed by atoms with Crippen molar-refractivity contribution in [2.45, 2.75) is 79.1 Å². The summed E-state index contributed by atoms with van der Waals surface area (Å²) in [5.74, 6) is 2.08. The van der Waals surface area contributed by atoms with Crippen molar-refractivity contribution in [3.05, 3.63) is 0 Å². The summed E-state index contributed by atoms with van der Waals surface area (Å²) in [5.41, 5.74) is -0.521. The monoisotopic (exact) mass is 306 g/mol. The summed E-state index contributed by atoms with van der Waals surface area (Å²) in [7, 11) is 0. The highest BCUT2D eigenvalue weighted by atomic mass is 16.1. The Hall–Kier alpha value is -0.660. The van der Waals surface area contributed by atoms with Gasteiger partial charge in [-0.25, -0.2) is 0 Å². The molecule has 126 valence electrons. The van der Waals surface area contributed by atoms with Gasteiger partial charge in [0.05, 0.1) is 0 Å². The van der Waals surface area contributed by atoms with E-state index in [2.05, 4.69) is 27.7 Å². The summed E-state index contributed by atoms with van der Waals surface area (Å²) < 4.78 is 0. The maximum atomic E-state index is 12.3. The van der Waals surface area contributed by atoms with Crippen LogP contribution in [0.2, 0.25) is 0 Å². The van der Waals surface area contributed by atoms with Crippen LogP contribution >= 0.6 is 0 Å². The quantitative estimate of drug-likeness (QED) is 0.643. The summed E-state index contributed by atoms with van der Waals surface area (Å²) in [6.45, 7) is 8.99. The SMILES string of the molecule is CC[C@@H](C)CC[C@H]1[C@@H](C)CC[C@@H]2[C@]1(C=O)CCC[C@]2(C)C=O. The van der Waals surface area contributed by atoms with Crippen molar-refractivity contribution < 1.29 is 9.59 Å². The Morgan fingerprint density at radius 3 is 2.50 bits per heavy atom. The zero-order valence-corrected chi connectivity index (χ0v) is 14.9. The van der Waals surface area contributed by atoms with Crippen molar-refractivity contribution in [1.29, 1.82) is 0 Å². The van der Waals surface area contributed by atoms with Crippen LogP contribution in [-0.2, 0) is 9.59 Å². The first-order chi connectivity index (χ1) is 10.4. The van der Waals surface area contributed by atoms with Gasteiger partial charge < -0.3 is 9.59 Å². The van der Waals surface area contributed by atoms with Crippen LogP contribution in [0, 0.1) is 34.5 Å². The minimum atomic E-state index is -0.284. The molecule has 0 spiro atoms. The van der Waals surface area contributed by atoms with Crippen LogP contribution in [0.1, 0.15) is 79.1 Å². The molecule has 0 unspecified atom stereocenters. The Balaban J connectivity index is 2.29. The molecule has 0 aromatic carbocycles. The molecule has 0 amide bonds. The minimum Gasteiger partial charge on any atom is -0.303 e. The summed E-state index contributed by atoms with van der Waals surface area (Å²) >= 11 is 0. The van der Waals surface area contributed by atoms with Gasteiger partial charge in [0.2, 0.25) is 0 Å². The Labute approximate surface area is 136 Å². The van der Waals surface area contributed by atoms with E-state index >= 15 is 0 Å². The van der Waals surface area contributed by atoms with Crippen LogP contribution in [0.4, 0.5) is 0 Å². The molecular weight excluding hydrogens is 272 g/mol. The fourth-order valence-electron chi connectivity index (χ4n) is 5.53. The standard InChI is InChI=1S/C20H34O2/c1-5-15(2)7-9-17-16(3)8-10-18-19(4,13-21)11-6-12-20(17,18)14-22/h13-18H,5-12H2,1-4H3/t15-,16+,17+,18+,19-,20+/m1/s1. The zero-order valence-electron chi connectivity index (χ0n) is 14.9. The highest BCUT2D eigenvalue weighted by molar-refractivity contribution is 5.67. The van der Waals surface area contributed by atoms with Crippen molar-refractivity contribution >= 4 is 12.6 Å². The van der Waals surface area contributed by atoms with E-state index in [4.69, 9.17) is 0 Å². The molecular formula is C20H34O2. The fraction of sp³-hybridized carbons (Fsp3) is 0.900. The number of rotatable bonds is 6. The smallest absolute Gasteiger partial charge is 0.126 e. The van der Waals surface area contributed by atoms with Gasteiger partial charge in [-0.15, -0.1) is 0 Å². The van der Waals surface area contributed by atoms with Crippen molar-refractivity contribution in [3.8, 4) is 0 Å². The number of carbonyl (C=O) groups excluding carboxylic acids is 2. The lowest BCUT2D eigenvalue weighted by Gasteiger charge is -2.57. The number of aldehydes is 2. The van der Waals surface area contributed by atoms with E-state index in [0.717, 1.165) is 44.3 Å². The normalized spacial score (nSPS) is 43.2. The Kier molecular flexibility index (Phi) is 5.50. The van der Waals surface area contributed by atoms with Crippen LogP contribution in [0.5, 0.6) is 0 Å². The van der Waals surface area contributed by atoms with Gasteiger partial charge in [0.1, 0.15) is 12.6 Å². The van der Waals surface area contributed by atoms with Gasteiger partial charge in [0.25, 0.3) is 0 Å². The largest absolute Gasteiger partial charge is 0.303 e. The third kappa shape index (κ3) is 2.90. The van der Waals surface area contributed by atoms with Crippen molar-refractivity contribution in [2.75, 3.05) is 0 Å². The van der Waals surface area contributed by atoms with Crippen LogP contribution < -0.4 is 0 Å². The second-order valence-corrected chi connectivity index (χ2v) is 8.51. The van der Waals surface area contributed by atoms with Crippen molar-refractivity contribution in [1.82, 2.24) is 0 Å². The van der Waals surface area contributed by atoms with Gasteiger partial charge in [-0.3, -0.25) is 0 Å². The lowest BCUT2D eigenvalue weighted by atomic mass is 9.45. The third-order valence-corrected chi connectivity index (χ3v) is 7.21. The molecule has 0 bridgehead atoms. The van der Waals surface area contributed by atoms with E-state index in [1.165, 1.54) is 25.5 Å². The summed E-state index contributed by atoms with van der Waals surface area (Å²) in [6, 6.07) is 0. The molecule has 2 fully saturated rings. The second kappa shape index (κ2) is 6.84. The maximum absolute atomic E-state index is 12.3. The van der Waals surface area contributed by atoms with Gasteiger partial charge in [0.15, 0.2) is 0 Å². The van der Waals surface area contributed by atoms with Crippen molar-refractivity contribution in [2.24, 2.45) is 34.5 Å². The molecule has 2 aliphatic carbocycles. The Bertz CT molecular complexity index is 405. The van der Waals surface area contributed by atoms with Gasteiger partial charge >= 0.3 is 0 Å². The molecule has 0 radical (unpaired) electrons. The number of hydrogen-bond acceptors (Lipinski definition) is 2. The molecule has 2 rings (SSSR count). The number of carbonyl (C=O) groups is 2. The van der Waals surface area contributed by atoms with E-state index < -0.39 is 0 Å². The average molecular weight is 306 g/mol. The topological polar surface area (TPSA) is 34.1 Å². The molecule has 0 aromatic rings. The van der Waals surface area contributed by atoms with E-state index in [9.17, 15) is 9.59 Å². The lowest BCUT2D eigenvalue weighted by Crippen LogP contribution is -2.55. The van der Waals surface area contributed by atoms with Gasteiger partial charge in [-0.2, -0.15) is 0 Å². The lowest BCUT2D eigenvalue weighted by molar-refractivity contribution is -0.152. The summed E-state index contributed by atoms with van der Waals surface area (Å²) in [4.78, 5) is 24.1. The first-order valence-corrected chi connectivity index (χ1v) is 9.36. The molecule has 2 heteroatoms. The Morgan fingerprint density at radius 1 is 1.18 bits per heavy atom. The third-order valence-electron chi connectivity index (χ3n) is 7.21. The summed E-state index contributed by atoms with van der Waals surface area (Å²) in [6.07, 6.45) is 11.2. The van der Waals surface area contributed by atoms with Gasteiger partial charge in [-0.05, 0) is 49.4 Å². The molecule has 0 aromatic heterocycles.